The van der Waals surface area contributed by atoms with E-state index in [4.69, 9.17) is 4.74 Å². The molecule has 0 unspecified atom stereocenters. The first-order chi connectivity index (χ1) is 12.5. The molecule has 0 aromatic heterocycles. The highest BCUT2D eigenvalue weighted by molar-refractivity contribution is 5.98. The van der Waals surface area contributed by atoms with Gasteiger partial charge in [0.1, 0.15) is 0 Å². The van der Waals surface area contributed by atoms with Gasteiger partial charge in [-0.05, 0) is 61.9 Å². The minimum atomic E-state index is -0.889. The minimum absolute atomic E-state index is 0.0133. The SMILES string of the molecule is Cc1cc(C)c(NC(=O)[C@H](C)OC(=O)c2ccc(C(C)(C)C)cc2)c(C)c1. The summed E-state index contributed by atoms with van der Waals surface area (Å²) in [7, 11) is 0. The zero-order valence-electron chi connectivity index (χ0n) is 17.3. The molecule has 0 saturated heterocycles. The Labute approximate surface area is 161 Å². The maximum Gasteiger partial charge on any atom is 0.338 e. The van der Waals surface area contributed by atoms with E-state index in [1.165, 1.54) is 0 Å². The summed E-state index contributed by atoms with van der Waals surface area (Å²) in [6.07, 6.45) is -0.889. The number of ether oxygens (including phenoxy) is 1. The van der Waals surface area contributed by atoms with E-state index in [1.54, 1.807) is 19.1 Å². The monoisotopic (exact) mass is 367 g/mol. The van der Waals surface area contributed by atoms with E-state index in [0.29, 0.717) is 5.56 Å². The third-order valence-electron chi connectivity index (χ3n) is 4.56. The van der Waals surface area contributed by atoms with Crippen LogP contribution in [0.4, 0.5) is 5.69 Å². The number of anilines is 1. The lowest BCUT2D eigenvalue weighted by Gasteiger charge is -2.19. The summed E-state index contributed by atoms with van der Waals surface area (Å²) in [6, 6.07) is 11.3. The Hall–Kier alpha value is -2.62. The number of rotatable bonds is 4. The van der Waals surface area contributed by atoms with Crippen molar-refractivity contribution in [3.05, 3.63) is 64.2 Å². The Bertz CT molecular complexity index is 822. The molecule has 0 bridgehead atoms. The van der Waals surface area contributed by atoms with Crippen LogP contribution in [0.1, 0.15) is 60.3 Å². The molecular weight excluding hydrogens is 338 g/mol. The van der Waals surface area contributed by atoms with Gasteiger partial charge >= 0.3 is 5.97 Å². The van der Waals surface area contributed by atoms with E-state index in [0.717, 1.165) is 27.9 Å². The van der Waals surface area contributed by atoms with Crippen LogP contribution in [0.2, 0.25) is 0 Å². The zero-order chi connectivity index (χ0) is 20.4. The molecular formula is C23H29NO3. The van der Waals surface area contributed by atoms with Crippen LogP contribution in [-0.2, 0) is 14.9 Å². The molecule has 2 rings (SSSR count). The highest BCUT2D eigenvalue weighted by Crippen LogP contribution is 2.23. The second-order valence-corrected chi connectivity index (χ2v) is 8.14. The van der Waals surface area contributed by atoms with Gasteiger partial charge in [-0.3, -0.25) is 4.79 Å². The van der Waals surface area contributed by atoms with E-state index in [2.05, 4.69) is 26.1 Å². The van der Waals surface area contributed by atoms with Gasteiger partial charge in [0.05, 0.1) is 5.56 Å². The van der Waals surface area contributed by atoms with Crippen LogP contribution in [0.5, 0.6) is 0 Å². The molecule has 4 heteroatoms. The van der Waals surface area contributed by atoms with Gasteiger partial charge in [-0.25, -0.2) is 4.79 Å². The molecule has 2 aromatic carbocycles. The van der Waals surface area contributed by atoms with E-state index < -0.39 is 12.1 Å². The van der Waals surface area contributed by atoms with E-state index >= 15 is 0 Å². The molecule has 0 spiro atoms. The fourth-order valence-corrected chi connectivity index (χ4v) is 2.99. The average molecular weight is 367 g/mol. The summed E-state index contributed by atoms with van der Waals surface area (Å²) in [5.74, 6) is -0.847. The normalized spacial score (nSPS) is 12.4. The molecule has 0 heterocycles. The Morgan fingerprint density at radius 2 is 1.48 bits per heavy atom. The van der Waals surface area contributed by atoms with Crippen LogP contribution in [0.25, 0.3) is 0 Å². The number of carbonyl (C=O) groups excluding carboxylic acids is 2. The lowest BCUT2D eigenvalue weighted by Crippen LogP contribution is -2.30. The number of nitrogens with one attached hydrogen (secondary N) is 1. The van der Waals surface area contributed by atoms with Crippen LogP contribution < -0.4 is 5.32 Å². The van der Waals surface area contributed by atoms with E-state index in [9.17, 15) is 9.59 Å². The standard InChI is InChI=1S/C23H29NO3/c1-14-12-15(2)20(16(3)13-14)24-21(25)17(4)27-22(26)18-8-10-19(11-9-18)23(5,6)7/h8-13,17H,1-7H3,(H,24,25)/t17-/m0/s1. The first kappa shape index (κ1) is 20.7. The van der Waals surface area contributed by atoms with Crippen LogP contribution in [0.3, 0.4) is 0 Å². The first-order valence-electron chi connectivity index (χ1n) is 9.19. The molecule has 1 N–H and O–H groups in total. The molecule has 1 atom stereocenters. The topological polar surface area (TPSA) is 55.4 Å². The van der Waals surface area contributed by atoms with Crippen molar-refractivity contribution in [1.82, 2.24) is 0 Å². The van der Waals surface area contributed by atoms with Crippen molar-refractivity contribution in [2.75, 3.05) is 5.32 Å². The fraction of sp³-hybridized carbons (Fsp3) is 0.391. The number of benzene rings is 2. The Morgan fingerprint density at radius 3 is 1.96 bits per heavy atom. The summed E-state index contributed by atoms with van der Waals surface area (Å²) in [4.78, 5) is 24.8. The molecule has 1 amide bonds. The zero-order valence-corrected chi connectivity index (χ0v) is 17.3. The second-order valence-electron chi connectivity index (χ2n) is 8.14. The van der Waals surface area contributed by atoms with Gasteiger partial charge in [-0.2, -0.15) is 0 Å². The number of carbonyl (C=O) groups is 2. The van der Waals surface area contributed by atoms with Crippen LogP contribution in [-0.4, -0.2) is 18.0 Å². The van der Waals surface area contributed by atoms with Crippen LogP contribution >= 0.6 is 0 Å². The first-order valence-corrected chi connectivity index (χ1v) is 9.19. The number of hydrogen-bond acceptors (Lipinski definition) is 3. The van der Waals surface area contributed by atoms with Crippen molar-refractivity contribution >= 4 is 17.6 Å². The van der Waals surface area contributed by atoms with Crippen LogP contribution in [0.15, 0.2) is 36.4 Å². The molecule has 27 heavy (non-hydrogen) atoms. The quantitative estimate of drug-likeness (QED) is 0.766. The van der Waals surface area contributed by atoms with Crippen molar-refractivity contribution < 1.29 is 14.3 Å². The summed E-state index contributed by atoms with van der Waals surface area (Å²) in [5, 5.41) is 2.88. The van der Waals surface area contributed by atoms with Crippen LogP contribution in [0, 0.1) is 20.8 Å². The summed E-state index contributed by atoms with van der Waals surface area (Å²) in [6.45, 7) is 13.8. The molecule has 0 radical (unpaired) electrons. The maximum absolute atomic E-state index is 12.5. The Balaban J connectivity index is 2.05. The molecule has 0 aliphatic rings. The van der Waals surface area contributed by atoms with Gasteiger partial charge < -0.3 is 10.1 Å². The fourth-order valence-electron chi connectivity index (χ4n) is 2.99. The summed E-state index contributed by atoms with van der Waals surface area (Å²) in [5.41, 5.74) is 5.46. The van der Waals surface area contributed by atoms with Gasteiger partial charge in [0, 0.05) is 5.69 Å². The highest BCUT2D eigenvalue weighted by Gasteiger charge is 2.21. The lowest BCUT2D eigenvalue weighted by molar-refractivity contribution is -0.123. The molecule has 2 aromatic rings. The predicted octanol–water partition coefficient (Wildman–Crippen LogP) is 5.09. The van der Waals surface area contributed by atoms with Crippen molar-refractivity contribution in [1.29, 1.82) is 0 Å². The molecule has 0 saturated carbocycles. The van der Waals surface area contributed by atoms with Crippen molar-refractivity contribution in [2.45, 2.75) is 60.0 Å². The molecule has 0 aliphatic heterocycles. The summed E-state index contributed by atoms with van der Waals surface area (Å²) >= 11 is 0. The van der Waals surface area contributed by atoms with Gasteiger partial charge in [-0.15, -0.1) is 0 Å². The molecule has 0 fully saturated rings. The third-order valence-corrected chi connectivity index (χ3v) is 4.56. The second kappa shape index (κ2) is 7.95. The van der Waals surface area contributed by atoms with E-state index in [-0.39, 0.29) is 11.3 Å². The number of esters is 1. The lowest BCUT2D eigenvalue weighted by atomic mass is 9.87. The molecule has 4 nitrogen and oxygen atoms in total. The van der Waals surface area contributed by atoms with Gasteiger partial charge in [0.15, 0.2) is 6.10 Å². The maximum atomic E-state index is 12.5. The van der Waals surface area contributed by atoms with Gasteiger partial charge in [-0.1, -0.05) is 50.6 Å². The van der Waals surface area contributed by atoms with E-state index in [1.807, 2.05) is 45.0 Å². The molecule has 0 aliphatic carbocycles. The van der Waals surface area contributed by atoms with Crippen molar-refractivity contribution in [2.24, 2.45) is 0 Å². The number of amides is 1. The third kappa shape index (κ3) is 5.19. The summed E-state index contributed by atoms with van der Waals surface area (Å²) < 4.78 is 5.35. The molecule has 144 valence electrons. The van der Waals surface area contributed by atoms with Gasteiger partial charge in [0.2, 0.25) is 0 Å². The number of hydrogen-bond donors (Lipinski definition) is 1. The Morgan fingerprint density at radius 1 is 0.963 bits per heavy atom. The minimum Gasteiger partial charge on any atom is -0.449 e. The highest BCUT2D eigenvalue weighted by atomic mass is 16.5. The predicted molar refractivity (Wildman–Crippen MR) is 109 cm³/mol. The van der Waals surface area contributed by atoms with Gasteiger partial charge in [0.25, 0.3) is 5.91 Å². The number of aryl methyl sites for hydroxylation is 3. The largest absolute Gasteiger partial charge is 0.449 e. The Kier molecular flexibility index (Phi) is 6.09. The van der Waals surface area contributed by atoms with Crippen molar-refractivity contribution in [3.63, 3.8) is 0 Å². The smallest absolute Gasteiger partial charge is 0.338 e. The average Bonchev–Trinajstić information content (AvgIpc) is 2.57. The van der Waals surface area contributed by atoms with Crippen molar-refractivity contribution in [3.8, 4) is 0 Å².